The van der Waals surface area contributed by atoms with E-state index in [1.54, 1.807) is 0 Å². The number of anilines is 1. The normalized spacial score (nSPS) is 18.9. The molecule has 0 amide bonds. The number of aliphatic hydroxyl groups excluding tert-OH is 1. The lowest BCUT2D eigenvalue weighted by molar-refractivity contribution is 0.283. The molecule has 1 aromatic carbocycles. The van der Waals surface area contributed by atoms with E-state index in [0.717, 1.165) is 23.6 Å². The Labute approximate surface area is 129 Å². The summed E-state index contributed by atoms with van der Waals surface area (Å²) < 4.78 is 1.13. The number of hydrogen-bond donors (Lipinski definition) is 2. The lowest BCUT2D eigenvalue weighted by atomic mass is 9.90. The number of hydrogen-bond acceptors (Lipinski definition) is 3. The number of nitrogens with zero attached hydrogens (tertiary/aromatic N) is 1. The molecule has 20 heavy (non-hydrogen) atoms. The first kappa shape index (κ1) is 14.4. The van der Waals surface area contributed by atoms with Gasteiger partial charge in [0.05, 0.1) is 6.61 Å². The lowest BCUT2D eigenvalue weighted by Crippen LogP contribution is -2.42. The van der Waals surface area contributed by atoms with Gasteiger partial charge in [0, 0.05) is 35.3 Å². The van der Waals surface area contributed by atoms with Crippen LogP contribution in [0, 0.1) is 0 Å². The molecule has 0 spiro atoms. The van der Waals surface area contributed by atoms with Crippen LogP contribution in [0.1, 0.15) is 37.7 Å². The highest BCUT2D eigenvalue weighted by molar-refractivity contribution is 9.10. The molecule has 0 aliphatic heterocycles. The van der Waals surface area contributed by atoms with Gasteiger partial charge >= 0.3 is 0 Å². The summed E-state index contributed by atoms with van der Waals surface area (Å²) in [5.74, 6) is 0. The fraction of sp³-hybridized carbons (Fsp3) is 0.625. The maximum absolute atomic E-state index is 9.37. The van der Waals surface area contributed by atoms with E-state index >= 15 is 0 Å². The van der Waals surface area contributed by atoms with Gasteiger partial charge in [0.2, 0.25) is 0 Å². The minimum absolute atomic E-state index is 0.224. The van der Waals surface area contributed by atoms with Crippen molar-refractivity contribution in [2.45, 2.75) is 50.7 Å². The molecular weight excluding hydrogens is 316 g/mol. The van der Waals surface area contributed by atoms with E-state index in [2.05, 4.69) is 44.3 Å². The maximum Gasteiger partial charge on any atom is 0.0606 e. The van der Waals surface area contributed by atoms with E-state index in [1.807, 2.05) is 0 Å². The van der Waals surface area contributed by atoms with Crippen LogP contribution in [0.3, 0.4) is 0 Å². The predicted octanol–water partition coefficient (Wildman–Crippen LogP) is 3.05. The Morgan fingerprint density at radius 1 is 1.25 bits per heavy atom. The molecule has 2 aliphatic carbocycles. The summed E-state index contributed by atoms with van der Waals surface area (Å²) in [5.41, 5.74) is 2.63. The van der Waals surface area contributed by atoms with Crippen molar-refractivity contribution in [2.75, 3.05) is 18.1 Å². The molecule has 3 rings (SSSR count). The summed E-state index contributed by atoms with van der Waals surface area (Å²) in [4.78, 5) is 2.40. The third-order valence-corrected chi connectivity index (χ3v) is 4.86. The Hall–Kier alpha value is -0.580. The van der Waals surface area contributed by atoms with Crippen molar-refractivity contribution in [1.29, 1.82) is 0 Å². The second-order valence-corrected chi connectivity index (χ2v) is 6.85. The third-order valence-electron chi connectivity index (χ3n) is 4.37. The van der Waals surface area contributed by atoms with Crippen molar-refractivity contribution >= 4 is 21.6 Å². The number of aliphatic hydroxyl groups is 1. The van der Waals surface area contributed by atoms with Gasteiger partial charge in [-0.2, -0.15) is 0 Å². The smallest absolute Gasteiger partial charge is 0.0606 e. The molecule has 2 fully saturated rings. The van der Waals surface area contributed by atoms with Crippen molar-refractivity contribution < 1.29 is 5.11 Å². The standard InChI is InChI=1S/C16H23BrN2O/c17-13-4-7-16(12(10-13)11-18-14-5-6-14)19(8-9-20)15-2-1-3-15/h4,7,10,14-15,18,20H,1-3,5-6,8-9,11H2. The Morgan fingerprint density at radius 2 is 2.05 bits per heavy atom. The molecule has 0 radical (unpaired) electrons. The van der Waals surface area contributed by atoms with E-state index in [9.17, 15) is 5.11 Å². The number of benzene rings is 1. The van der Waals surface area contributed by atoms with Gasteiger partial charge in [0.25, 0.3) is 0 Å². The molecule has 3 nitrogen and oxygen atoms in total. The summed E-state index contributed by atoms with van der Waals surface area (Å²) in [6, 6.07) is 7.86. The van der Waals surface area contributed by atoms with Crippen LogP contribution in [0.2, 0.25) is 0 Å². The molecule has 4 heteroatoms. The molecule has 2 aliphatic rings. The minimum atomic E-state index is 0.224. The van der Waals surface area contributed by atoms with E-state index < -0.39 is 0 Å². The van der Waals surface area contributed by atoms with Gasteiger partial charge in [0.15, 0.2) is 0 Å². The maximum atomic E-state index is 9.37. The zero-order valence-corrected chi connectivity index (χ0v) is 13.4. The number of rotatable bonds is 7. The summed E-state index contributed by atoms with van der Waals surface area (Å²) in [6.07, 6.45) is 6.45. The topological polar surface area (TPSA) is 35.5 Å². The second-order valence-electron chi connectivity index (χ2n) is 5.93. The average molecular weight is 339 g/mol. The van der Waals surface area contributed by atoms with Crippen LogP contribution in [0.25, 0.3) is 0 Å². The summed E-state index contributed by atoms with van der Waals surface area (Å²) in [7, 11) is 0. The van der Waals surface area contributed by atoms with Crippen LogP contribution < -0.4 is 10.2 Å². The van der Waals surface area contributed by atoms with Gasteiger partial charge in [-0.3, -0.25) is 0 Å². The van der Waals surface area contributed by atoms with Crippen LogP contribution in [0.5, 0.6) is 0 Å². The van der Waals surface area contributed by atoms with Gasteiger partial charge < -0.3 is 15.3 Å². The minimum Gasteiger partial charge on any atom is -0.395 e. The molecule has 2 saturated carbocycles. The van der Waals surface area contributed by atoms with E-state index in [0.29, 0.717) is 6.04 Å². The van der Waals surface area contributed by atoms with Gasteiger partial charge in [-0.15, -0.1) is 0 Å². The molecule has 0 unspecified atom stereocenters. The summed E-state index contributed by atoms with van der Waals surface area (Å²) in [5, 5.41) is 13.0. The van der Waals surface area contributed by atoms with Gasteiger partial charge in [-0.25, -0.2) is 0 Å². The molecular formula is C16H23BrN2O. The number of halogens is 1. The molecule has 0 heterocycles. The van der Waals surface area contributed by atoms with Crippen molar-refractivity contribution in [1.82, 2.24) is 5.32 Å². The largest absolute Gasteiger partial charge is 0.395 e. The molecule has 0 aromatic heterocycles. The summed E-state index contributed by atoms with van der Waals surface area (Å²) >= 11 is 3.58. The van der Waals surface area contributed by atoms with Crippen LogP contribution in [-0.2, 0) is 6.54 Å². The molecule has 0 atom stereocenters. The number of nitrogens with one attached hydrogen (secondary N) is 1. The van der Waals surface area contributed by atoms with Gasteiger partial charge in [-0.05, 0) is 55.9 Å². The first-order valence-electron chi connectivity index (χ1n) is 7.67. The van der Waals surface area contributed by atoms with Gasteiger partial charge in [0.1, 0.15) is 0 Å². The third kappa shape index (κ3) is 3.35. The van der Waals surface area contributed by atoms with Crippen molar-refractivity contribution in [3.05, 3.63) is 28.2 Å². The quantitative estimate of drug-likeness (QED) is 0.802. The molecule has 2 N–H and O–H groups in total. The van der Waals surface area contributed by atoms with Crippen molar-refractivity contribution in [3.63, 3.8) is 0 Å². The van der Waals surface area contributed by atoms with Crippen molar-refractivity contribution in [3.8, 4) is 0 Å². The zero-order chi connectivity index (χ0) is 13.9. The Kier molecular flexibility index (Phi) is 4.64. The first-order valence-corrected chi connectivity index (χ1v) is 8.46. The predicted molar refractivity (Wildman–Crippen MR) is 86.1 cm³/mol. The highest BCUT2D eigenvalue weighted by Gasteiger charge is 2.27. The first-order chi connectivity index (χ1) is 9.78. The fourth-order valence-corrected chi connectivity index (χ4v) is 3.23. The van der Waals surface area contributed by atoms with Crippen LogP contribution in [-0.4, -0.2) is 30.3 Å². The Balaban J connectivity index is 1.80. The fourth-order valence-electron chi connectivity index (χ4n) is 2.82. The SMILES string of the molecule is OCCN(c1ccc(Br)cc1CNC1CC1)C1CCC1. The van der Waals surface area contributed by atoms with Crippen LogP contribution >= 0.6 is 15.9 Å². The van der Waals surface area contributed by atoms with E-state index in [-0.39, 0.29) is 6.61 Å². The van der Waals surface area contributed by atoms with Crippen LogP contribution in [0.15, 0.2) is 22.7 Å². The second kappa shape index (κ2) is 6.46. The van der Waals surface area contributed by atoms with Crippen molar-refractivity contribution in [2.24, 2.45) is 0 Å². The average Bonchev–Trinajstić information content (AvgIpc) is 3.18. The van der Waals surface area contributed by atoms with E-state index in [4.69, 9.17) is 0 Å². The zero-order valence-electron chi connectivity index (χ0n) is 11.8. The molecule has 0 saturated heterocycles. The lowest BCUT2D eigenvalue weighted by Gasteiger charge is -2.40. The molecule has 0 bridgehead atoms. The Morgan fingerprint density at radius 3 is 2.65 bits per heavy atom. The highest BCUT2D eigenvalue weighted by Crippen LogP contribution is 2.33. The van der Waals surface area contributed by atoms with Gasteiger partial charge in [-0.1, -0.05) is 15.9 Å². The highest BCUT2D eigenvalue weighted by atomic mass is 79.9. The molecule has 110 valence electrons. The van der Waals surface area contributed by atoms with Crippen LogP contribution in [0.4, 0.5) is 5.69 Å². The summed E-state index contributed by atoms with van der Waals surface area (Å²) in [6.45, 7) is 1.89. The molecule has 1 aromatic rings. The Bertz CT molecular complexity index is 458. The monoisotopic (exact) mass is 338 g/mol. The van der Waals surface area contributed by atoms with E-state index in [1.165, 1.54) is 43.4 Å².